The first-order valence-corrected chi connectivity index (χ1v) is 4.89. The molecule has 1 unspecified atom stereocenters. The van der Waals surface area contributed by atoms with E-state index in [0.29, 0.717) is 18.4 Å². The summed E-state index contributed by atoms with van der Waals surface area (Å²) in [4.78, 5) is 8.22. The van der Waals surface area contributed by atoms with Crippen molar-refractivity contribution in [2.75, 3.05) is 24.9 Å². The van der Waals surface area contributed by atoms with E-state index in [9.17, 15) is 0 Å². The van der Waals surface area contributed by atoms with Gasteiger partial charge in [-0.2, -0.15) is 0 Å². The smallest absolute Gasteiger partial charge is 0.222 e. The second-order valence-corrected chi connectivity index (χ2v) is 3.34. The van der Waals surface area contributed by atoms with Crippen molar-refractivity contribution in [3.05, 3.63) is 18.0 Å². The average molecular weight is 216 g/mol. The number of hydrogen-bond donors (Lipinski definition) is 1. The molecule has 0 aliphatic heterocycles. The maximum absolute atomic E-state index is 5.73. The summed E-state index contributed by atoms with van der Waals surface area (Å²) in [5.41, 5.74) is 1.03. The van der Waals surface area contributed by atoms with E-state index < -0.39 is 0 Å². The van der Waals surface area contributed by atoms with Gasteiger partial charge in [-0.25, -0.2) is 9.97 Å². The van der Waals surface area contributed by atoms with Crippen LogP contribution in [0, 0.1) is 6.92 Å². The van der Waals surface area contributed by atoms with Crippen LogP contribution in [0.25, 0.3) is 0 Å². The van der Waals surface area contributed by atoms with E-state index in [1.54, 1.807) is 19.5 Å². The number of ether oxygens (including phenoxy) is 1. The normalized spacial score (nSPS) is 12.5. The van der Waals surface area contributed by atoms with Crippen LogP contribution in [0.5, 0.6) is 0 Å². The lowest BCUT2D eigenvalue weighted by Crippen LogP contribution is -2.27. The summed E-state index contributed by atoms with van der Waals surface area (Å²) in [7, 11) is 1.64. The Balaban J connectivity index is 2.53. The molecule has 0 fully saturated rings. The van der Waals surface area contributed by atoms with Crippen molar-refractivity contribution in [3.8, 4) is 0 Å². The first kappa shape index (κ1) is 11.2. The van der Waals surface area contributed by atoms with Crippen molar-refractivity contribution < 1.29 is 4.74 Å². The third-order valence-electron chi connectivity index (χ3n) is 1.67. The van der Waals surface area contributed by atoms with Crippen molar-refractivity contribution in [1.82, 2.24) is 9.97 Å². The zero-order valence-electron chi connectivity index (χ0n) is 8.33. The molecule has 0 saturated carbocycles. The van der Waals surface area contributed by atoms with Crippen LogP contribution in [-0.4, -0.2) is 35.6 Å². The third kappa shape index (κ3) is 3.47. The minimum atomic E-state index is 0.0457. The van der Waals surface area contributed by atoms with E-state index in [1.807, 2.05) is 6.92 Å². The molecule has 0 aromatic carbocycles. The highest BCUT2D eigenvalue weighted by atomic mass is 35.5. The lowest BCUT2D eigenvalue weighted by atomic mass is 10.3. The number of nitrogens with zero attached hydrogens (tertiary/aromatic N) is 2. The summed E-state index contributed by atoms with van der Waals surface area (Å²) >= 11 is 5.73. The standard InChI is InChI=1S/C9H14ClN3O/c1-7-4-11-9(12-5-7)13-8(3-10)6-14-2/h4-5,8H,3,6H2,1-2H3,(H,11,12,13). The van der Waals surface area contributed by atoms with Crippen molar-refractivity contribution in [3.63, 3.8) is 0 Å². The van der Waals surface area contributed by atoms with E-state index >= 15 is 0 Å². The molecule has 0 bridgehead atoms. The highest BCUT2D eigenvalue weighted by Gasteiger charge is 2.07. The summed E-state index contributed by atoms with van der Waals surface area (Å²) < 4.78 is 4.99. The summed E-state index contributed by atoms with van der Waals surface area (Å²) in [5, 5.41) is 3.08. The minimum absolute atomic E-state index is 0.0457. The number of nitrogens with one attached hydrogen (secondary N) is 1. The number of anilines is 1. The number of methoxy groups -OCH3 is 1. The Morgan fingerprint density at radius 2 is 2.14 bits per heavy atom. The van der Waals surface area contributed by atoms with Crippen LogP contribution >= 0.6 is 11.6 Å². The van der Waals surface area contributed by atoms with Crippen molar-refractivity contribution in [1.29, 1.82) is 0 Å². The molecule has 14 heavy (non-hydrogen) atoms. The van der Waals surface area contributed by atoms with Crippen LogP contribution in [0.15, 0.2) is 12.4 Å². The van der Waals surface area contributed by atoms with Gasteiger partial charge in [-0.05, 0) is 12.5 Å². The summed E-state index contributed by atoms with van der Waals surface area (Å²) in [5.74, 6) is 1.05. The molecule has 0 aliphatic rings. The number of hydrogen-bond acceptors (Lipinski definition) is 4. The minimum Gasteiger partial charge on any atom is -0.383 e. The molecule has 0 radical (unpaired) electrons. The first-order valence-electron chi connectivity index (χ1n) is 4.36. The molecule has 1 N–H and O–H groups in total. The second-order valence-electron chi connectivity index (χ2n) is 3.03. The topological polar surface area (TPSA) is 47.0 Å². The Hall–Kier alpha value is -0.870. The molecule has 0 amide bonds. The Kier molecular flexibility index (Phi) is 4.62. The average Bonchev–Trinajstić information content (AvgIpc) is 2.20. The van der Waals surface area contributed by atoms with Gasteiger partial charge in [0, 0.05) is 25.4 Å². The van der Waals surface area contributed by atoms with Gasteiger partial charge in [-0.1, -0.05) is 0 Å². The molecule has 0 saturated heterocycles. The van der Waals surface area contributed by atoms with Crippen molar-refractivity contribution in [2.24, 2.45) is 0 Å². The predicted molar refractivity (Wildman–Crippen MR) is 56.8 cm³/mol. The van der Waals surface area contributed by atoms with E-state index in [-0.39, 0.29) is 6.04 Å². The number of halogens is 1. The van der Waals surface area contributed by atoms with Gasteiger partial charge in [0.15, 0.2) is 0 Å². The van der Waals surface area contributed by atoms with Crippen molar-refractivity contribution >= 4 is 17.5 Å². The van der Waals surface area contributed by atoms with Gasteiger partial charge in [0.25, 0.3) is 0 Å². The molecule has 78 valence electrons. The number of rotatable bonds is 5. The molecule has 1 aromatic rings. The summed E-state index contributed by atoms with van der Waals surface area (Å²) in [6, 6.07) is 0.0457. The van der Waals surface area contributed by atoms with Gasteiger partial charge in [-0.3, -0.25) is 0 Å². The van der Waals surface area contributed by atoms with Crippen LogP contribution in [0.1, 0.15) is 5.56 Å². The van der Waals surface area contributed by atoms with E-state index in [1.165, 1.54) is 0 Å². The SMILES string of the molecule is COCC(CCl)Nc1ncc(C)cn1. The van der Waals surface area contributed by atoms with Gasteiger partial charge in [-0.15, -0.1) is 11.6 Å². The summed E-state index contributed by atoms with van der Waals surface area (Å²) in [6.45, 7) is 2.48. The quantitative estimate of drug-likeness (QED) is 0.756. The van der Waals surface area contributed by atoms with Gasteiger partial charge in [0.05, 0.1) is 12.6 Å². The molecule has 1 rings (SSSR count). The highest BCUT2D eigenvalue weighted by Crippen LogP contribution is 2.02. The fourth-order valence-electron chi connectivity index (χ4n) is 0.976. The van der Waals surface area contributed by atoms with Crippen LogP contribution < -0.4 is 5.32 Å². The van der Waals surface area contributed by atoms with E-state index in [4.69, 9.17) is 16.3 Å². The Labute approximate surface area is 88.7 Å². The lowest BCUT2D eigenvalue weighted by Gasteiger charge is -2.14. The Morgan fingerprint density at radius 1 is 1.50 bits per heavy atom. The Morgan fingerprint density at radius 3 is 2.64 bits per heavy atom. The maximum atomic E-state index is 5.73. The van der Waals surface area contributed by atoms with Crippen LogP contribution in [0.4, 0.5) is 5.95 Å². The molecule has 1 heterocycles. The zero-order valence-corrected chi connectivity index (χ0v) is 9.08. The van der Waals surface area contributed by atoms with Gasteiger partial charge in [0.2, 0.25) is 5.95 Å². The number of aromatic nitrogens is 2. The molecule has 0 spiro atoms. The van der Waals surface area contributed by atoms with Crippen LogP contribution in [0.2, 0.25) is 0 Å². The maximum Gasteiger partial charge on any atom is 0.222 e. The largest absolute Gasteiger partial charge is 0.383 e. The molecular formula is C9H14ClN3O. The third-order valence-corrected chi connectivity index (χ3v) is 2.04. The molecule has 1 atom stereocenters. The summed E-state index contributed by atoms with van der Waals surface area (Å²) in [6.07, 6.45) is 3.51. The molecule has 1 aromatic heterocycles. The first-order chi connectivity index (χ1) is 6.76. The second kappa shape index (κ2) is 5.78. The van der Waals surface area contributed by atoms with Gasteiger partial charge in [0.1, 0.15) is 0 Å². The Bertz CT molecular complexity index is 265. The molecule has 4 nitrogen and oxygen atoms in total. The molecule has 0 aliphatic carbocycles. The fourth-order valence-corrected chi connectivity index (χ4v) is 1.14. The van der Waals surface area contributed by atoms with Crippen molar-refractivity contribution in [2.45, 2.75) is 13.0 Å². The molecule has 5 heteroatoms. The zero-order chi connectivity index (χ0) is 10.4. The predicted octanol–water partition coefficient (Wildman–Crippen LogP) is 1.45. The van der Waals surface area contributed by atoms with Crippen LogP contribution in [0.3, 0.4) is 0 Å². The van der Waals surface area contributed by atoms with E-state index in [2.05, 4.69) is 15.3 Å². The van der Waals surface area contributed by atoms with Gasteiger partial charge >= 0.3 is 0 Å². The van der Waals surface area contributed by atoms with Gasteiger partial charge < -0.3 is 10.1 Å². The number of aryl methyl sites for hydroxylation is 1. The lowest BCUT2D eigenvalue weighted by molar-refractivity contribution is 0.191. The fraction of sp³-hybridized carbons (Fsp3) is 0.556. The monoisotopic (exact) mass is 215 g/mol. The van der Waals surface area contributed by atoms with Crippen LogP contribution in [-0.2, 0) is 4.74 Å². The number of alkyl halides is 1. The molecular weight excluding hydrogens is 202 g/mol. The van der Waals surface area contributed by atoms with E-state index in [0.717, 1.165) is 5.56 Å². The highest BCUT2D eigenvalue weighted by molar-refractivity contribution is 6.18.